The topological polar surface area (TPSA) is 49.3 Å². The average Bonchev–Trinajstić information content (AvgIpc) is 3.14. The maximum atomic E-state index is 5.83. The monoisotopic (exact) mass is 356 g/mol. The lowest BCUT2D eigenvalue weighted by Crippen LogP contribution is -2.44. The predicted molar refractivity (Wildman–Crippen MR) is 104 cm³/mol. The highest BCUT2D eigenvalue weighted by atomic mass is 35.5. The lowest BCUT2D eigenvalue weighted by molar-refractivity contribution is 0.431. The Morgan fingerprint density at radius 2 is 1.88 bits per heavy atom. The van der Waals surface area contributed by atoms with Crippen molar-refractivity contribution in [1.82, 2.24) is 15.6 Å². The highest BCUT2D eigenvalue weighted by Gasteiger charge is 2.35. The molecular weight excluding hydrogens is 332 g/mol. The van der Waals surface area contributed by atoms with Crippen molar-refractivity contribution in [3.63, 3.8) is 0 Å². The van der Waals surface area contributed by atoms with Gasteiger partial charge in [-0.1, -0.05) is 60.8 Å². The van der Waals surface area contributed by atoms with Gasteiger partial charge in [-0.2, -0.15) is 0 Å². The first-order valence-corrected chi connectivity index (χ1v) is 9.20. The summed E-state index contributed by atoms with van der Waals surface area (Å²) in [4.78, 5) is 8.46. The quantitative estimate of drug-likeness (QED) is 0.485. The highest BCUT2D eigenvalue weighted by Crippen LogP contribution is 2.40. The lowest BCUT2D eigenvalue weighted by atomic mass is 9.79. The molecule has 0 spiro atoms. The minimum Gasteiger partial charge on any atom is -0.356 e. The van der Waals surface area contributed by atoms with E-state index in [2.05, 4.69) is 50.9 Å². The zero-order chi connectivity index (χ0) is 17.5. The molecule has 0 unspecified atom stereocenters. The number of hydrogen-bond donors (Lipinski definition) is 2. The molecule has 1 aliphatic carbocycles. The molecule has 0 aliphatic heterocycles. The number of nitrogens with one attached hydrogen (secondary N) is 2. The van der Waals surface area contributed by atoms with Crippen molar-refractivity contribution in [2.24, 2.45) is 4.99 Å². The molecule has 1 fully saturated rings. The summed E-state index contributed by atoms with van der Waals surface area (Å²) in [6.45, 7) is 1.57. The smallest absolute Gasteiger partial charge is 0.191 e. The third kappa shape index (κ3) is 4.51. The molecule has 0 bridgehead atoms. The van der Waals surface area contributed by atoms with E-state index in [1.807, 2.05) is 6.07 Å². The molecule has 0 saturated heterocycles. The van der Waals surface area contributed by atoms with E-state index in [1.165, 1.54) is 31.2 Å². The summed E-state index contributed by atoms with van der Waals surface area (Å²) in [5.74, 6) is 0.817. The van der Waals surface area contributed by atoms with Crippen LogP contribution in [0.15, 0.2) is 53.7 Å². The Morgan fingerprint density at radius 3 is 2.52 bits per heavy atom. The molecule has 2 N–H and O–H groups in total. The summed E-state index contributed by atoms with van der Waals surface area (Å²) >= 11 is 5.83. The van der Waals surface area contributed by atoms with Crippen LogP contribution in [0, 0.1) is 0 Å². The fourth-order valence-electron chi connectivity index (χ4n) is 3.58. The van der Waals surface area contributed by atoms with Crippen molar-refractivity contribution in [3.8, 4) is 0 Å². The van der Waals surface area contributed by atoms with Crippen LogP contribution in [0.4, 0.5) is 0 Å². The number of pyridine rings is 1. The molecule has 5 heteroatoms. The second kappa shape index (κ2) is 8.34. The van der Waals surface area contributed by atoms with E-state index in [0.29, 0.717) is 11.7 Å². The predicted octanol–water partition coefficient (Wildman–Crippen LogP) is 3.91. The van der Waals surface area contributed by atoms with Crippen molar-refractivity contribution >= 4 is 17.6 Å². The molecule has 3 rings (SSSR count). The Bertz CT molecular complexity index is 691. The van der Waals surface area contributed by atoms with Crippen molar-refractivity contribution in [1.29, 1.82) is 0 Å². The van der Waals surface area contributed by atoms with Crippen molar-refractivity contribution < 1.29 is 0 Å². The van der Waals surface area contributed by atoms with Gasteiger partial charge < -0.3 is 10.6 Å². The lowest BCUT2D eigenvalue weighted by Gasteiger charge is -2.30. The van der Waals surface area contributed by atoms with E-state index in [1.54, 1.807) is 19.3 Å². The summed E-state index contributed by atoms with van der Waals surface area (Å²) < 4.78 is 0. The fraction of sp³-hybridized carbons (Fsp3) is 0.400. The summed E-state index contributed by atoms with van der Waals surface area (Å²) in [5, 5.41) is 7.39. The van der Waals surface area contributed by atoms with E-state index in [0.717, 1.165) is 18.1 Å². The molecule has 1 heterocycles. The van der Waals surface area contributed by atoms with Crippen molar-refractivity contribution in [2.45, 2.75) is 37.6 Å². The van der Waals surface area contributed by atoms with E-state index in [-0.39, 0.29) is 5.41 Å². The first-order valence-electron chi connectivity index (χ1n) is 8.82. The second-order valence-corrected chi connectivity index (χ2v) is 7.01. The third-order valence-corrected chi connectivity index (χ3v) is 5.24. The third-order valence-electron chi connectivity index (χ3n) is 5.01. The minimum absolute atomic E-state index is 0.209. The fourth-order valence-corrected chi connectivity index (χ4v) is 3.69. The Labute approximate surface area is 154 Å². The largest absolute Gasteiger partial charge is 0.356 e. The van der Waals surface area contributed by atoms with Crippen LogP contribution in [0.1, 0.15) is 36.8 Å². The first-order chi connectivity index (χ1) is 12.2. The highest BCUT2D eigenvalue weighted by molar-refractivity contribution is 6.29. The Morgan fingerprint density at radius 1 is 1.12 bits per heavy atom. The number of benzene rings is 1. The SMILES string of the molecule is CN=C(NCc1ccc(Cl)nc1)NCC1(c2ccccc2)CCCC1. The van der Waals surface area contributed by atoms with Gasteiger partial charge in [-0.15, -0.1) is 0 Å². The van der Waals surface area contributed by atoms with Gasteiger partial charge in [-0.25, -0.2) is 4.98 Å². The van der Waals surface area contributed by atoms with Gasteiger partial charge in [0.25, 0.3) is 0 Å². The molecule has 25 heavy (non-hydrogen) atoms. The van der Waals surface area contributed by atoms with Crippen LogP contribution in [0.2, 0.25) is 5.15 Å². The number of aliphatic imine (C=N–C) groups is 1. The molecule has 0 radical (unpaired) electrons. The molecule has 132 valence electrons. The Hall–Kier alpha value is -2.07. The van der Waals surface area contributed by atoms with Crippen molar-refractivity contribution in [2.75, 3.05) is 13.6 Å². The van der Waals surface area contributed by atoms with Gasteiger partial charge in [0.2, 0.25) is 0 Å². The molecule has 1 saturated carbocycles. The van der Waals surface area contributed by atoms with Gasteiger partial charge in [0.15, 0.2) is 5.96 Å². The van der Waals surface area contributed by atoms with Crippen LogP contribution in [-0.2, 0) is 12.0 Å². The van der Waals surface area contributed by atoms with Gasteiger partial charge in [0.1, 0.15) is 5.15 Å². The van der Waals surface area contributed by atoms with Gasteiger partial charge >= 0.3 is 0 Å². The summed E-state index contributed by atoms with van der Waals surface area (Å²) in [6.07, 6.45) is 6.81. The number of rotatable bonds is 5. The maximum absolute atomic E-state index is 5.83. The molecule has 4 nitrogen and oxygen atoms in total. The van der Waals surface area contributed by atoms with Gasteiger partial charge in [-0.3, -0.25) is 4.99 Å². The summed E-state index contributed by atoms with van der Waals surface area (Å²) in [7, 11) is 1.80. The van der Waals surface area contributed by atoms with Crippen molar-refractivity contribution in [3.05, 3.63) is 64.9 Å². The Kier molecular flexibility index (Phi) is 5.92. The molecular formula is C20H25ClN4. The zero-order valence-corrected chi connectivity index (χ0v) is 15.4. The van der Waals surface area contributed by atoms with E-state index >= 15 is 0 Å². The molecule has 0 amide bonds. The van der Waals surface area contributed by atoms with Crippen LogP contribution in [0.25, 0.3) is 0 Å². The van der Waals surface area contributed by atoms with E-state index < -0.39 is 0 Å². The van der Waals surface area contributed by atoms with E-state index in [9.17, 15) is 0 Å². The second-order valence-electron chi connectivity index (χ2n) is 6.62. The molecule has 1 aromatic heterocycles. The van der Waals surface area contributed by atoms with E-state index in [4.69, 9.17) is 11.6 Å². The molecule has 1 aromatic carbocycles. The summed E-state index contributed by atoms with van der Waals surface area (Å²) in [6, 6.07) is 14.6. The standard InChI is InChI=1S/C20H25ClN4/c1-22-19(24-14-16-9-10-18(21)23-13-16)25-15-20(11-5-6-12-20)17-7-3-2-4-8-17/h2-4,7-10,13H,5-6,11-12,14-15H2,1H3,(H2,22,24,25). The number of hydrogen-bond acceptors (Lipinski definition) is 2. The number of nitrogens with zero attached hydrogens (tertiary/aromatic N) is 2. The number of halogens is 1. The summed E-state index contributed by atoms with van der Waals surface area (Å²) in [5.41, 5.74) is 2.71. The van der Waals surface area contributed by atoms with Crippen LogP contribution in [0.3, 0.4) is 0 Å². The average molecular weight is 357 g/mol. The molecule has 2 aromatic rings. The molecule has 0 atom stereocenters. The number of guanidine groups is 1. The maximum Gasteiger partial charge on any atom is 0.191 e. The van der Waals surface area contributed by atoms with Crippen LogP contribution < -0.4 is 10.6 Å². The normalized spacial score (nSPS) is 16.6. The Balaban J connectivity index is 1.60. The van der Waals surface area contributed by atoms with Gasteiger partial charge in [0.05, 0.1) is 0 Å². The zero-order valence-electron chi connectivity index (χ0n) is 14.6. The molecule has 1 aliphatic rings. The van der Waals surface area contributed by atoms with Crippen LogP contribution >= 0.6 is 11.6 Å². The first kappa shape index (κ1) is 17.7. The van der Waals surface area contributed by atoms with Gasteiger partial charge in [0, 0.05) is 31.7 Å². The van der Waals surface area contributed by atoms with Crippen LogP contribution in [0.5, 0.6) is 0 Å². The van der Waals surface area contributed by atoms with Gasteiger partial charge in [-0.05, 0) is 30.0 Å². The van der Waals surface area contributed by atoms with Crippen LogP contribution in [-0.4, -0.2) is 24.5 Å². The number of aromatic nitrogens is 1. The minimum atomic E-state index is 0.209.